The third-order valence-electron chi connectivity index (χ3n) is 2.82. The zero-order valence-corrected chi connectivity index (χ0v) is 12.1. The van der Waals surface area contributed by atoms with Crippen LogP contribution in [0.15, 0.2) is 42.5 Å². The number of carbonyl (C=O) groups excluding carboxylic acids is 1. The maximum absolute atomic E-state index is 11.4. The summed E-state index contributed by atoms with van der Waals surface area (Å²) in [6.45, 7) is 5.64. The molecule has 110 valence electrons. The molecule has 5 heteroatoms. The van der Waals surface area contributed by atoms with Crippen molar-refractivity contribution in [1.82, 2.24) is 0 Å². The zero-order valence-electron chi connectivity index (χ0n) is 12.1. The summed E-state index contributed by atoms with van der Waals surface area (Å²) in [4.78, 5) is 30.2. The molecule has 0 aliphatic rings. The molecule has 0 aliphatic carbocycles. The van der Waals surface area contributed by atoms with Crippen LogP contribution in [0.2, 0.25) is 0 Å². The Hall–Kier alpha value is -2.69. The Morgan fingerprint density at radius 3 is 2.05 bits per heavy atom. The van der Waals surface area contributed by atoms with Crippen LogP contribution in [0.3, 0.4) is 0 Å². The fraction of sp³-hybridized carbons (Fsp3) is 0.188. The van der Waals surface area contributed by atoms with E-state index < -0.39 is 6.16 Å². The van der Waals surface area contributed by atoms with Gasteiger partial charge in [-0.3, -0.25) is 9.78 Å². The van der Waals surface area contributed by atoms with E-state index in [0.717, 1.165) is 16.7 Å². The van der Waals surface area contributed by atoms with Crippen molar-refractivity contribution in [2.45, 2.75) is 20.8 Å². The van der Waals surface area contributed by atoms with Crippen LogP contribution in [-0.2, 0) is 9.78 Å². The molecule has 2 rings (SSSR count). The van der Waals surface area contributed by atoms with Crippen molar-refractivity contribution in [3.05, 3.63) is 59.2 Å². The van der Waals surface area contributed by atoms with Crippen molar-refractivity contribution in [2.75, 3.05) is 0 Å². The molecule has 0 aliphatic heterocycles. The highest BCUT2D eigenvalue weighted by molar-refractivity contribution is 5.58. The van der Waals surface area contributed by atoms with E-state index in [1.807, 2.05) is 45.0 Å². The zero-order chi connectivity index (χ0) is 15.2. The molecule has 0 heterocycles. The van der Waals surface area contributed by atoms with Gasteiger partial charge in [0.05, 0.1) is 0 Å². The van der Waals surface area contributed by atoms with Gasteiger partial charge in [-0.15, -0.1) is 0 Å². The Labute approximate surface area is 122 Å². The molecule has 0 aromatic heterocycles. The normalized spacial score (nSPS) is 9.86. The molecule has 0 unspecified atom stereocenters. The summed E-state index contributed by atoms with van der Waals surface area (Å²) < 4.78 is 0. The third-order valence-corrected chi connectivity index (χ3v) is 2.82. The van der Waals surface area contributed by atoms with Gasteiger partial charge in [-0.1, -0.05) is 35.9 Å². The molecule has 2 aromatic carbocycles. The van der Waals surface area contributed by atoms with Crippen LogP contribution in [0.25, 0.3) is 0 Å². The molecule has 0 saturated heterocycles. The van der Waals surface area contributed by atoms with Gasteiger partial charge >= 0.3 is 6.16 Å². The van der Waals surface area contributed by atoms with E-state index in [1.54, 1.807) is 18.2 Å². The van der Waals surface area contributed by atoms with Crippen molar-refractivity contribution >= 4 is 6.16 Å². The summed E-state index contributed by atoms with van der Waals surface area (Å²) in [6.07, 6.45) is -1.08. The Morgan fingerprint density at radius 1 is 0.810 bits per heavy atom. The minimum atomic E-state index is -1.08. The number of rotatable bonds is 4. The number of hydrogen-bond donors (Lipinski definition) is 0. The van der Waals surface area contributed by atoms with Crippen molar-refractivity contribution in [1.29, 1.82) is 0 Å². The van der Waals surface area contributed by atoms with Gasteiger partial charge in [0, 0.05) is 0 Å². The molecule has 0 amide bonds. The summed E-state index contributed by atoms with van der Waals surface area (Å²) in [5.41, 5.74) is 2.77. The minimum absolute atomic E-state index is 0.431. The second kappa shape index (κ2) is 6.65. The smallest absolute Gasteiger partial charge is 0.283 e. The number of benzene rings is 2. The van der Waals surface area contributed by atoms with Gasteiger partial charge in [-0.25, -0.2) is 9.78 Å². The van der Waals surface area contributed by atoms with Crippen LogP contribution >= 0.6 is 0 Å². The van der Waals surface area contributed by atoms with Crippen molar-refractivity contribution in [2.24, 2.45) is 0 Å². The number of para-hydroxylation sites is 1. The van der Waals surface area contributed by atoms with E-state index in [1.165, 1.54) is 0 Å². The minimum Gasteiger partial charge on any atom is -0.283 e. The van der Waals surface area contributed by atoms with Gasteiger partial charge < -0.3 is 0 Å². The molecule has 0 N–H and O–H groups in total. The van der Waals surface area contributed by atoms with Gasteiger partial charge in [0.1, 0.15) is 0 Å². The van der Waals surface area contributed by atoms with Crippen LogP contribution in [0.5, 0.6) is 11.5 Å². The lowest BCUT2D eigenvalue weighted by Gasteiger charge is -2.08. The molecule has 2 aromatic rings. The molecular weight excluding hydrogens is 272 g/mol. The first-order chi connectivity index (χ1) is 10.1. The van der Waals surface area contributed by atoms with Gasteiger partial charge in [0.25, 0.3) is 0 Å². The van der Waals surface area contributed by atoms with E-state index in [4.69, 9.17) is 9.78 Å². The first kappa shape index (κ1) is 14.7. The van der Waals surface area contributed by atoms with Crippen molar-refractivity contribution < 1.29 is 24.3 Å². The Bertz CT molecular complexity index is 636. The fourth-order valence-corrected chi connectivity index (χ4v) is 1.71. The van der Waals surface area contributed by atoms with Crippen LogP contribution in [0.1, 0.15) is 16.7 Å². The average molecular weight is 288 g/mol. The largest absolute Gasteiger partial charge is 0.591 e. The van der Waals surface area contributed by atoms with Crippen molar-refractivity contribution in [3.63, 3.8) is 0 Å². The Kier molecular flexibility index (Phi) is 4.66. The summed E-state index contributed by atoms with van der Waals surface area (Å²) in [7, 11) is 0. The first-order valence-corrected chi connectivity index (χ1v) is 6.42. The SMILES string of the molecule is Cc1ccc(OOC(=O)OOc2ccccc2C)c(C)c1. The average Bonchev–Trinajstić information content (AvgIpc) is 2.45. The monoisotopic (exact) mass is 288 g/mol. The predicted molar refractivity (Wildman–Crippen MR) is 75.9 cm³/mol. The lowest BCUT2D eigenvalue weighted by molar-refractivity contribution is -0.236. The summed E-state index contributed by atoms with van der Waals surface area (Å²) in [5, 5.41) is 0. The van der Waals surface area contributed by atoms with Crippen LogP contribution in [-0.4, -0.2) is 6.16 Å². The number of hydrogen-bond acceptors (Lipinski definition) is 5. The van der Waals surface area contributed by atoms with E-state index in [2.05, 4.69) is 9.78 Å². The highest BCUT2D eigenvalue weighted by Gasteiger charge is 2.11. The molecule has 5 nitrogen and oxygen atoms in total. The maximum Gasteiger partial charge on any atom is 0.591 e. The molecule has 0 spiro atoms. The highest BCUT2D eigenvalue weighted by Crippen LogP contribution is 2.19. The Morgan fingerprint density at radius 2 is 1.43 bits per heavy atom. The standard InChI is InChI=1S/C16H16O5/c1-11-8-9-15(13(3)10-11)19-21-16(17)20-18-14-7-5-4-6-12(14)2/h4-10H,1-3H3. The second-order valence-electron chi connectivity index (χ2n) is 4.62. The van der Waals surface area contributed by atoms with E-state index in [-0.39, 0.29) is 0 Å². The topological polar surface area (TPSA) is 54.0 Å². The number of carbonyl (C=O) groups is 1. The molecule has 21 heavy (non-hydrogen) atoms. The maximum atomic E-state index is 11.4. The molecule has 0 atom stereocenters. The van der Waals surface area contributed by atoms with Crippen LogP contribution in [0.4, 0.5) is 4.79 Å². The molecular formula is C16H16O5. The summed E-state index contributed by atoms with van der Waals surface area (Å²) >= 11 is 0. The lowest BCUT2D eigenvalue weighted by atomic mass is 10.1. The highest BCUT2D eigenvalue weighted by atomic mass is 17.3. The van der Waals surface area contributed by atoms with E-state index in [9.17, 15) is 4.79 Å². The van der Waals surface area contributed by atoms with Crippen LogP contribution in [0, 0.1) is 20.8 Å². The second-order valence-corrected chi connectivity index (χ2v) is 4.62. The first-order valence-electron chi connectivity index (χ1n) is 6.42. The van der Waals surface area contributed by atoms with Gasteiger partial charge in [-0.05, 0) is 44.0 Å². The van der Waals surface area contributed by atoms with Gasteiger partial charge in [0.15, 0.2) is 11.5 Å². The van der Waals surface area contributed by atoms with Gasteiger partial charge in [0.2, 0.25) is 0 Å². The number of aryl methyl sites for hydroxylation is 3. The molecule has 0 radical (unpaired) electrons. The van der Waals surface area contributed by atoms with Gasteiger partial charge in [-0.2, -0.15) is 4.79 Å². The third kappa shape index (κ3) is 4.14. The van der Waals surface area contributed by atoms with E-state index >= 15 is 0 Å². The lowest BCUT2D eigenvalue weighted by Crippen LogP contribution is -2.13. The van der Waals surface area contributed by atoms with E-state index in [0.29, 0.717) is 11.5 Å². The quantitative estimate of drug-likeness (QED) is 0.627. The summed E-state index contributed by atoms with van der Waals surface area (Å²) in [5.74, 6) is 0.870. The molecule has 0 fully saturated rings. The molecule has 0 saturated carbocycles. The predicted octanol–water partition coefficient (Wildman–Crippen LogP) is 4.05. The fourth-order valence-electron chi connectivity index (χ4n) is 1.71. The van der Waals surface area contributed by atoms with Crippen LogP contribution < -0.4 is 9.78 Å². The molecule has 0 bridgehead atoms. The Balaban J connectivity index is 1.84. The van der Waals surface area contributed by atoms with Crippen molar-refractivity contribution in [3.8, 4) is 11.5 Å². The summed E-state index contributed by atoms with van der Waals surface area (Å²) in [6, 6.07) is 12.6.